The quantitative estimate of drug-likeness (QED) is 0.693. The number of nitrogens with one attached hydrogen (secondary N) is 1. The third kappa shape index (κ3) is 6.69. The first kappa shape index (κ1) is 15.6. The molecule has 5 nitrogen and oxygen atoms in total. The van der Waals surface area contributed by atoms with E-state index in [1.807, 2.05) is 33.8 Å². The summed E-state index contributed by atoms with van der Waals surface area (Å²) in [6.45, 7) is 8.51. The maximum Gasteiger partial charge on any atom is 0.293 e. The van der Waals surface area contributed by atoms with Crippen LogP contribution in [0.4, 0.5) is 0 Å². The smallest absolute Gasteiger partial charge is 0.293 e. The van der Waals surface area contributed by atoms with Gasteiger partial charge in [0.1, 0.15) is 11.5 Å². The maximum atomic E-state index is 11.0. The van der Waals surface area contributed by atoms with Gasteiger partial charge in [-0.05, 0) is 27.7 Å². The van der Waals surface area contributed by atoms with Crippen molar-refractivity contribution in [1.29, 1.82) is 5.26 Å². The number of nitriles is 1. The van der Waals surface area contributed by atoms with Gasteiger partial charge in [-0.2, -0.15) is 5.26 Å². The van der Waals surface area contributed by atoms with E-state index in [-0.39, 0.29) is 17.4 Å². The minimum Gasteiger partial charge on any atom is -0.462 e. The molecule has 0 saturated carbocycles. The Morgan fingerprint density at radius 3 is 2.35 bits per heavy atom. The molecule has 1 unspecified atom stereocenters. The fraction of sp³-hybridized carbons (Fsp3) is 0.750. The number of nitrogens with zero attached hydrogens (tertiary/aromatic N) is 1. The minimum absolute atomic E-state index is 0.0336. The molecule has 1 aliphatic heterocycles. The molecule has 0 amide bonds. The summed E-state index contributed by atoms with van der Waals surface area (Å²) >= 11 is 0. The van der Waals surface area contributed by atoms with Crippen LogP contribution in [-0.4, -0.2) is 30.4 Å². The first-order valence-electron chi connectivity index (χ1n) is 5.59. The average Bonchev–Trinajstić information content (AvgIpc) is 2.17. The molecule has 1 aliphatic rings. The molecule has 1 rings (SSSR count). The molecule has 0 spiro atoms. The zero-order chi connectivity index (χ0) is 13.5. The number of carbonyl (C=O) groups excluding carboxylic acids is 2. The van der Waals surface area contributed by atoms with Gasteiger partial charge in [0.2, 0.25) is 0 Å². The van der Waals surface area contributed by atoms with Gasteiger partial charge >= 0.3 is 0 Å². The molecule has 17 heavy (non-hydrogen) atoms. The molecule has 0 radical (unpaired) electrons. The van der Waals surface area contributed by atoms with Crippen LogP contribution < -0.4 is 5.32 Å². The van der Waals surface area contributed by atoms with E-state index in [2.05, 4.69) is 10.1 Å². The Labute approximate surface area is 102 Å². The Balaban J connectivity index is 0.000000325. The Morgan fingerprint density at radius 2 is 2.12 bits per heavy atom. The van der Waals surface area contributed by atoms with Crippen molar-refractivity contribution in [2.24, 2.45) is 5.92 Å². The second-order valence-electron chi connectivity index (χ2n) is 4.89. The van der Waals surface area contributed by atoms with Crippen LogP contribution >= 0.6 is 0 Å². The zero-order valence-electron chi connectivity index (χ0n) is 10.8. The molecule has 0 bridgehead atoms. The summed E-state index contributed by atoms with van der Waals surface area (Å²) in [7, 11) is 0. The lowest BCUT2D eigenvalue weighted by Gasteiger charge is -2.22. The Morgan fingerprint density at radius 1 is 1.53 bits per heavy atom. The molecule has 1 heterocycles. The summed E-state index contributed by atoms with van der Waals surface area (Å²) in [5.41, 5.74) is -0.318. The number of rotatable bonds is 1. The van der Waals surface area contributed by atoms with Crippen molar-refractivity contribution in [2.45, 2.75) is 45.8 Å². The van der Waals surface area contributed by atoms with Crippen LogP contribution in [0.5, 0.6) is 0 Å². The van der Waals surface area contributed by atoms with E-state index in [4.69, 9.17) is 5.26 Å². The molecule has 1 fully saturated rings. The average molecular weight is 240 g/mol. The van der Waals surface area contributed by atoms with Crippen LogP contribution in [0.15, 0.2) is 0 Å². The SMILES string of the molecule is CC(C)(C)OC=O.C[C@@H]1NCCC(=O)C1C#N. The van der Waals surface area contributed by atoms with Gasteiger partial charge in [-0.25, -0.2) is 0 Å². The molecular weight excluding hydrogens is 220 g/mol. The lowest BCUT2D eigenvalue weighted by Crippen LogP contribution is -2.43. The standard InChI is InChI=1S/C7H10N2O.C5H10O2/c1-5-6(4-8)7(10)2-3-9-5;1-5(2,3)7-4-6/h5-6,9H,2-3H2,1H3;4H,1-3H3/t5-,6?;/m0./s1. The summed E-state index contributed by atoms with van der Waals surface area (Å²) in [5.74, 6) is -0.345. The second kappa shape index (κ2) is 7.02. The van der Waals surface area contributed by atoms with Crippen molar-refractivity contribution in [3.8, 4) is 6.07 Å². The van der Waals surface area contributed by atoms with Crippen LogP contribution in [0.2, 0.25) is 0 Å². The predicted molar refractivity (Wildman–Crippen MR) is 63.1 cm³/mol. The lowest BCUT2D eigenvalue weighted by atomic mass is 9.92. The van der Waals surface area contributed by atoms with Crippen molar-refractivity contribution in [2.75, 3.05) is 6.54 Å². The van der Waals surface area contributed by atoms with E-state index in [0.29, 0.717) is 12.9 Å². The fourth-order valence-corrected chi connectivity index (χ4v) is 1.30. The highest BCUT2D eigenvalue weighted by atomic mass is 16.5. The number of ketones is 1. The van der Waals surface area contributed by atoms with E-state index in [1.54, 1.807) is 0 Å². The number of hydrogen-bond acceptors (Lipinski definition) is 5. The van der Waals surface area contributed by atoms with E-state index in [1.165, 1.54) is 0 Å². The summed E-state index contributed by atoms with van der Waals surface area (Å²) in [6, 6.07) is 2.02. The topological polar surface area (TPSA) is 79.2 Å². The Bertz CT molecular complexity index is 302. The molecule has 96 valence electrons. The van der Waals surface area contributed by atoms with Gasteiger partial charge < -0.3 is 10.1 Å². The largest absolute Gasteiger partial charge is 0.462 e. The molecule has 0 aromatic heterocycles. The Kier molecular flexibility index (Phi) is 6.44. The summed E-state index contributed by atoms with van der Waals surface area (Å²) in [4.78, 5) is 20.6. The third-order valence-corrected chi connectivity index (χ3v) is 2.23. The van der Waals surface area contributed by atoms with Crippen LogP contribution in [0.1, 0.15) is 34.1 Å². The van der Waals surface area contributed by atoms with Gasteiger partial charge in [0.05, 0.1) is 6.07 Å². The molecular formula is C12H20N2O3. The normalized spacial score (nSPS) is 24.1. The highest BCUT2D eigenvalue weighted by Crippen LogP contribution is 2.10. The van der Waals surface area contributed by atoms with Crippen molar-refractivity contribution < 1.29 is 14.3 Å². The monoisotopic (exact) mass is 240 g/mol. The van der Waals surface area contributed by atoms with Gasteiger partial charge in [0.15, 0.2) is 5.78 Å². The van der Waals surface area contributed by atoms with Crippen molar-refractivity contribution >= 4 is 12.3 Å². The van der Waals surface area contributed by atoms with Gasteiger partial charge in [0.25, 0.3) is 6.47 Å². The third-order valence-electron chi connectivity index (χ3n) is 2.23. The first-order valence-corrected chi connectivity index (χ1v) is 5.59. The van der Waals surface area contributed by atoms with Gasteiger partial charge in [-0.15, -0.1) is 0 Å². The van der Waals surface area contributed by atoms with E-state index in [0.717, 1.165) is 6.54 Å². The molecule has 0 aliphatic carbocycles. The van der Waals surface area contributed by atoms with Crippen molar-refractivity contribution in [3.05, 3.63) is 0 Å². The lowest BCUT2D eigenvalue weighted by molar-refractivity contribution is -0.138. The second-order valence-corrected chi connectivity index (χ2v) is 4.89. The number of ether oxygens (including phenoxy) is 1. The van der Waals surface area contributed by atoms with E-state index in [9.17, 15) is 9.59 Å². The van der Waals surface area contributed by atoms with E-state index < -0.39 is 5.92 Å². The van der Waals surface area contributed by atoms with Crippen LogP contribution in [0.3, 0.4) is 0 Å². The summed E-state index contributed by atoms with van der Waals surface area (Å²) < 4.78 is 4.55. The molecule has 2 atom stereocenters. The molecule has 0 aromatic rings. The van der Waals surface area contributed by atoms with Crippen LogP contribution in [0.25, 0.3) is 0 Å². The zero-order valence-corrected chi connectivity index (χ0v) is 10.8. The molecule has 1 N–H and O–H groups in total. The predicted octanol–water partition coefficient (Wildman–Crippen LogP) is 1.03. The summed E-state index contributed by atoms with van der Waals surface area (Å²) in [6.07, 6.45) is 0.503. The number of Topliss-reactive ketones (excluding diaryl/α,β-unsaturated/α-hetero) is 1. The fourth-order valence-electron chi connectivity index (χ4n) is 1.30. The number of piperidine rings is 1. The minimum atomic E-state index is -0.422. The first-order chi connectivity index (χ1) is 7.81. The summed E-state index contributed by atoms with van der Waals surface area (Å²) in [5, 5.41) is 11.6. The highest BCUT2D eigenvalue weighted by molar-refractivity contribution is 5.84. The maximum absolute atomic E-state index is 11.0. The van der Waals surface area contributed by atoms with Gasteiger partial charge in [-0.3, -0.25) is 9.59 Å². The molecule has 5 heteroatoms. The number of hydrogen-bond donors (Lipinski definition) is 1. The number of carbonyl (C=O) groups is 2. The van der Waals surface area contributed by atoms with Crippen LogP contribution in [-0.2, 0) is 14.3 Å². The van der Waals surface area contributed by atoms with Crippen molar-refractivity contribution in [1.82, 2.24) is 5.32 Å². The highest BCUT2D eigenvalue weighted by Gasteiger charge is 2.27. The van der Waals surface area contributed by atoms with Crippen molar-refractivity contribution in [3.63, 3.8) is 0 Å². The van der Waals surface area contributed by atoms with Gasteiger partial charge in [0, 0.05) is 19.0 Å². The molecule has 1 saturated heterocycles. The van der Waals surface area contributed by atoms with Gasteiger partial charge in [-0.1, -0.05) is 0 Å². The van der Waals surface area contributed by atoms with Crippen LogP contribution in [0, 0.1) is 17.2 Å². The molecule has 0 aromatic carbocycles. The Hall–Kier alpha value is -1.41. The van der Waals surface area contributed by atoms with E-state index >= 15 is 0 Å².